The number of esters is 1. The van der Waals surface area contributed by atoms with Gasteiger partial charge in [-0.2, -0.15) is 0 Å². The van der Waals surface area contributed by atoms with E-state index in [4.69, 9.17) is 4.74 Å². The lowest BCUT2D eigenvalue weighted by Crippen LogP contribution is -2.15. The first-order chi connectivity index (χ1) is 10.9. The number of nitrogens with zero attached hydrogens (tertiary/aromatic N) is 1. The molecule has 0 radical (unpaired) electrons. The highest BCUT2D eigenvalue weighted by atomic mass is 32.2. The molecule has 1 heterocycles. The van der Waals surface area contributed by atoms with E-state index >= 15 is 0 Å². The van der Waals surface area contributed by atoms with Crippen LogP contribution in [0.4, 0.5) is 10.2 Å². The standard InChI is InChI=1S/C14H13FN2O5S/c1-21-14(18)9-22-12-6-5-10(8-11(12)15)23(19,20)17-13-4-2-3-7-16-13/h2-8H,9H2,1H3,(H,16,17). The van der Waals surface area contributed by atoms with Crippen LogP contribution < -0.4 is 9.46 Å². The van der Waals surface area contributed by atoms with E-state index in [2.05, 4.69) is 14.4 Å². The van der Waals surface area contributed by atoms with Crippen LogP contribution in [-0.2, 0) is 19.6 Å². The fraction of sp³-hybridized carbons (Fsp3) is 0.143. The summed E-state index contributed by atoms with van der Waals surface area (Å²) in [5.74, 6) is -1.75. The fourth-order valence-corrected chi connectivity index (χ4v) is 2.60. The predicted octanol–water partition coefficient (Wildman–Crippen LogP) is 1.57. The molecule has 23 heavy (non-hydrogen) atoms. The van der Waals surface area contributed by atoms with Crippen LogP contribution in [0.25, 0.3) is 0 Å². The molecule has 0 saturated heterocycles. The summed E-state index contributed by atoms with van der Waals surface area (Å²) in [6, 6.07) is 7.76. The van der Waals surface area contributed by atoms with Crippen molar-refractivity contribution in [3.8, 4) is 5.75 Å². The minimum Gasteiger partial charge on any atom is -0.479 e. The van der Waals surface area contributed by atoms with Gasteiger partial charge in [-0.1, -0.05) is 6.07 Å². The van der Waals surface area contributed by atoms with E-state index in [0.29, 0.717) is 0 Å². The molecule has 0 aliphatic heterocycles. The number of carbonyl (C=O) groups excluding carboxylic acids is 1. The number of hydrogen-bond acceptors (Lipinski definition) is 6. The number of halogens is 1. The summed E-state index contributed by atoms with van der Waals surface area (Å²) in [5.41, 5.74) is 0. The van der Waals surface area contributed by atoms with Crippen LogP contribution in [-0.4, -0.2) is 33.1 Å². The third-order valence-corrected chi connectivity index (χ3v) is 4.04. The zero-order valence-corrected chi connectivity index (χ0v) is 12.8. The van der Waals surface area contributed by atoms with E-state index in [1.54, 1.807) is 12.1 Å². The summed E-state index contributed by atoms with van der Waals surface area (Å²) in [7, 11) is -2.82. The van der Waals surface area contributed by atoms with Crippen molar-refractivity contribution >= 4 is 21.8 Å². The number of pyridine rings is 1. The number of sulfonamides is 1. The Hall–Kier alpha value is -2.68. The molecular weight excluding hydrogens is 327 g/mol. The van der Waals surface area contributed by atoms with Gasteiger partial charge in [-0.05, 0) is 30.3 Å². The molecule has 1 N–H and O–H groups in total. The van der Waals surface area contributed by atoms with Crippen molar-refractivity contribution in [1.29, 1.82) is 0 Å². The van der Waals surface area contributed by atoms with Gasteiger partial charge in [0.1, 0.15) is 5.82 Å². The molecule has 0 bridgehead atoms. The number of carbonyl (C=O) groups is 1. The number of aromatic nitrogens is 1. The number of benzene rings is 1. The van der Waals surface area contributed by atoms with E-state index in [1.807, 2.05) is 0 Å². The van der Waals surface area contributed by atoms with Crippen LogP contribution in [0.1, 0.15) is 0 Å². The van der Waals surface area contributed by atoms with Gasteiger partial charge < -0.3 is 9.47 Å². The monoisotopic (exact) mass is 340 g/mol. The van der Waals surface area contributed by atoms with E-state index in [0.717, 1.165) is 18.2 Å². The number of anilines is 1. The van der Waals surface area contributed by atoms with Crippen molar-refractivity contribution < 1.29 is 27.1 Å². The molecule has 2 aromatic rings. The third kappa shape index (κ3) is 4.39. The van der Waals surface area contributed by atoms with Gasteiger partial charge in [-0.15, -0.1) is 0 Å². The van der Waals surface area contributed by atoms with Crippen LogP contribution in [0.3, 0.4) is 0 Å². The van der Waals surface area contributed by atoms with Gasteiger partial charge in [0, 0.05) is 6.20 Å². The van der Waals surface area contributed by atoms with E-state index < -0.39 is 28.4 Å². The Morgan fingerprint density at radius 3 is 2.70 bits per heavy atom. The van der Waals surface area contributed by atoms with E-state index in [-0.39, 0.29) is 16.5 Å². The maximum Gasteiger partial charge on any atom is 0.343 e. The summed E-state index contributed by atoms with van der Waals surface area (Å²) in [4.78, 5) is 14.5. The van der Waals surface area contributed by atoms with Crippen LogP contribution in [0.15, 0.2) is 47.5 Å². The smallest absolute Gasteiger partial charge is 0.343 e. The minimum atomic E-state index is -3.99. The lowest BCUT2D eigenvalue weighted by molar-refractivity contribution is -0.142. The van der Waals surface area contributed by atoms with Crippen molar-refractivity contribution in [3.05, 3.63) is 48.4 Å². The second-order valence-electron chi connectivity index (χ2n) is 4.28. The SMILES string of the molecule is COC(=O)COc1ccc(S(=O)(=O)Nc2ccccn2)cc1F. The van der Waals surface area contributed by atoms with Gasteiger partial charge in [0.15, 0.2) is 18.2 Å². The maximum atomic E-state index is 13.9. The average Bonchev–Trinajstić information content (AvgIpc) is 2.53. The number of methoxy groups -OCH3 is 1. The highest BCUT2D eigenvalue weighted by molar-refractivity contribution is 7.92. The van der Waals surface area contributed by atoms with Crippen LogP contribution in [0.5, 0.6) is 5.75 Å². The second-order valence-corrected chi connectivity index (χ2v) is 5.96. The molecule has 0 aliphatic carbocycles. The Balaban J connectivity index is 2.17. The molecular formula is C14H13FN2O5S. The highest BCUT2D eigenvalue weighted by Crippen LogP contribution is 2.22. The highest BCUT2D eigenvalue weighted by Gasteiger charge is 2.18. The van der Waals surface area contributed by atoms with Crippen molar-refractivity contribution in [2.24, 2.45) is 0 Å². The number of nitrogens with one attached hydrogen (secondary N) is 1. The lowest BCUT2D eigenvalue weighted by atomic mass is 10.3. The zero-order valence-electron chi connectivity index (χ0n) is 12.0. The quantitative estimate of drug-likeness (QED) is 0.802. The maximum absolute atomic E-state index is 13.9. The Morgan fingerprint density at radius 2 is 2.09 bits per heavy atom. The molecule has 0 atom stereocenters. The normalized spacial score (nSPS) is 10.9. The lowest BCUT2D eigenvalue weighted by Gasteiger charge is -2.09. The summed E-state index contributed by atoms with van der Waals surface area (Å²) in [5, 5.41) is 0. The van der Waals surface area contributed by atoms with Gasteiger partial charge in [-0.25, -0.2) is 22.6 Å². The Bertz CT molecular complexity index is 796. The van der Waals surface area contributed by atoms with Gasteiger partial charge in [0.2, 0.25) is 0 Å². The van der Waals surface area contributed by atoms with Gasteiger partial charge in [0.05, 0.1) is 12.0 Å². The number of ether oxygens (including phenoxy) is 2. The average molecular weight is 340 g/mol. The Kier molecular flexibility index (Phi) is 5.12. The van der Waals surface area contributed by atoms with E-state index in [1.165, 1.54) is 19.4 Å². The number of hydrogen-bond donors (Lipinski definition) is 1. The minimum absolute atomic E-state index is 0.110. The predicted molar refractivity (Wildman–Crippen MR) is 79.0 cm³/mol. The topological polar surface area (TPSA) is 94.6 Å². The molecule has 1 aromatic carbocycles. The molecule has 0 fully saturated rings. The molecule has 0 spiro atoms. The molecule has 0 saturated carbocycles. The van der Waals surface area contributed by atoms with Crippen molar-refractivity contribution in [3.63, 3.8) is 0 Å². The molecule has 0 aliphatic rings. The first kappa shape index (κ1) is 16.7. The van der Waals surface area contributed by atoms with Crippen molar-refractivity contribution in [2.75, 3.05) is 18.4 Å². The summed E-state index contributed by atoms with van der Waals surface area (Å²) < 4.78 is 49.7. The molecule has 0 amide bonds. The van der Waals surface area contributed by atoms with Gasteiger partial charge in [0.25, 0.3) is 10.0 Å². The van der Waals surface area contributed by atoms with Gasteiger partial charge in [-0.3, -0.25) is 4.72 Å². The van der Waals surface area contributed by atoms with Crippen molar-refractivity contribution in [2.45, 2.75) is 4.90 Å². The molecule has 0 unspecified atom stereocenters. The summed E-state index contributed by atoms with van der Waals surface area (Å²) in [6.45, 7) is -0.480. The Morgan fingerprint density at radius 1 is 1.30 bits per heavy atom. The summed E-state index contributed by atoms with van der Waals surface area (Å²) in [6.07, 6.45) is 1.42. The van der Waals surface area contributed by atoms with Crippen LogP contribution >= 0.6 is 0 Å². The van der Waals surface area contributed by atoms with E-state index in [9.17, 15) is 17.6 Å². The largest absolute Gasteiger partial charge is 0.479 e. The van der Waals surface area contributed by atoms with Gasteiger partial charge >= 0.3 is 5.97 Å². The molecule has 2 rings (SSSR count). The zero-order chi connectivity index (χ0) is 16.9. The first-order valence-corrected chi connectivity index (χ1v) is 7.84. The van der Waals surface area contributed by atoms with Crippen molar-refractivity contribution in [1.82, 2.24) is 4.98 Å². The van der Waals surface area contributed by atoms with Crippen LogP contribution in [0.2, 0.25) is 0 Å². The Labute approximate surface area is 132 Å². The molecule has 7 nitrogen and oxygen atoms in total. The molecule has 9 heteroatoms. The third-order valence-electron chi connectivity index (χ3n) is 2.69. The first-order valence-electron chi connectivity index (χ1n) is 6.35. The number of rotatable bonds is 6. The molecule has 122 valence electrons. The summed E-state index contributed by atoms with van der Waals surface area (Å²) >= 11 is 0. The molecule has 1 aromatic heterocycles. The van der Waals surface area contributed by atoms with Crippen LogP contribution in [0, 0.1) is 5.82 Å². The fourth-order valence-electron chi connectivity index (χ4n) is 1.58. The second kappa shape index (κ2) is 7.05.